The molecule has 2 atom stereocenters. The molecular weight excluding hydrogens is 282 g/mol. The highest BCUT2D eigenvalue weighted by Gasteiger charge is 2.39. The van der Waals surface area contributed by atoms with Crippen LogP contribution in [-0.2, 0) is 9.59 Å². The number of carboxylic acid groups (broad SMARTS) is 1. The number of rotatable bonds is 3. The number of hydrogen-bond acceptors (Lipinski definition) is 4. The minimum Gasteiger partial charge on any atom is -0.480 e. The Labute approximate surface area is 121 Å². The van der Waals surface area contributed by atoms with Crippen molar-refractivity contribution in [2.45, 2.75) is 31.2 Å². The highest BCUT2D eigenvalue weighted by atomic mass is 32.2. The summed E-state index contributed by atoms with van der Waals surface area (Å²) in [6.07, 6.45) is 2.00. The zero-order valence-corrected chi connectivity index (χ0v) is 12.2. The average molecular weight is 301 g/mol. The zero-order valence-electron chi connectivity index (χ0n) is 11.4. The van der Waals surface area contributed by atoms with E-state index in [0.29, 0.717) is 5.75 Å². The molecule has 2 aliphatic heterocycles. The Morgan fingerprint density at radius 2 is 1.95 bits per heavy atom. The predicted molar refractivity (Wildman–Crippen MR) is 74.4 cm³/mol. The van der Waals surface area contributed by atoms with Gasteiger partial charge in [-0.05, 0) is 19.8 Å². The summed E-state index contributed by atoms with van der Waals surface area (Å²) in [6.45, 7) is 3.19. The highest BCUT2D eigenvalue weighted by molar-refractivity contribution is 8.00. The lowest BCUT2D eigenvalue weighted by molar-refractivity contribution is -0.141. The number of amides is 3. The second-order valence-electron chi connectivity index (χ2n) is 4.94. The topological polar surface area (TPSA) is 90.0 Å². The maximum absolute atomic E-state index is 12.1. The number of carbonyl (C=O) groups is 3. The van der Waals surface area contributed by atoms with Gasteiger partial charge in [0.15, 0.2) is 0 Å². The van der Waals surface area contributed by atoms with Crippen LogP contribution in [0.2, 0.25) is 0 Å². The van der Waals surface area contributed by atoms with Crippen molar-refractivity contribution in [2.24, 2.45) is 0 Å². The largest absolute Gasteiger partial charge is 0.480 e. The Bertz CT molecular complexity index is 412. The molecule has 0 spiro atoms. The van der Waals surface area contributed by atoms with E-state index in [9.17, 15) is 14.4 Å². The van der Waals surface area contributed by atoms with E-state index in [2.05, 4.69) is 5.32 Å². The van der Waals surface area contributed by atoms with E-state index in [-0.39, 0.29) is 17.8 Å². The molecule has 3 amide bonds. The van der Waals surface area contributed by atoms with E-state index < -0.39 is 18.0 Å². The van der Waals surface area contributed by atoms with Crippen LogP contribution in [0.4, 0.5) is 4.79 Å². The van der Waals surface area contributed by atoms with Crippen molar-refractivity contribution in [1.29, 1.82) is 0 Å². The van der Waals surface area contributed by atoms with Crippen LogP contribution in [0, 0.1) is 0 Å². The van der Waals surface area contributed by atoms with Crippen LogP contribution in [-0.4, -0.2) is 69.6 Å². The Balaban J connectivity index is 1.87. The molecule has 2 saturated heterocycles. The van der Waals surface area contributed by atoms with Crippen LogP contribution in [0.3, 0.4) is 0 Å². The molecule has 2 aliphatic rings. The van der Waals surface area contributed by atoms with E-state index in [1.165, 1.54) is 16.7 Å². The molecule has 0 radical (unpaired) electrons. The number of urea groups is 1. The number of nitrogens with one attached hydrogen (secondary N) is 1. The lowest BCUT2D eigenvalue weighted by Crippen LogP contribution is -2.51. The van der Waals surface area contributed by atoms with Crippen molar-refractivity contribution in [3.63, 3.8) is 0 Å². The fraction of sp³-hybridized carbons (Fsp3) is 0.750. The predicted octanol–water partition coefficient (Wildman–Crippen LogP) is 0.166. The number of thioether (sulfide) groups is 1. The van der Waals surface area contributed by atoms with Gasteiger partial charge < -0.3 is 15.3 Å². The van der Waals surface area contributed by atoms with Crippen molar-refractivity contribution in [3.05, 3.63) is 0 Å². The maximum atomic E-state index is 12.1. The van der Waals surface area contributed by atoms with Crippen LogP contribution >= 0.6 is 11.8 Å². The number of carboxylic acids is 1. The standard InChI is InChI=1S/C12H19N3O4S/c1-8-15(9(7-20-8)11(17)18)12(19)13-6-10(16)14-4-2-3-5-14/h8-9H,2-7H2,1H3,(H,13,19)(H,17,18). The molecule has 2 rings (SSSR count). The Morgan fingerprint density at radius 1 is 1.30 bits per heavy atom. The lowest BCUT2D eigenvalue weighted by Gasteiger charge is -2.25. The van der Waals surface area contributed by atoms with Crippen LogP contribution in [0.15, 0.2) is 0 Å². The molecule has 2 unspecified atom stereocenters. The van der Waals surface area contributed by atoms with Crippen LogP contribution < -0.4 is 5.32 Å². The third-order valence-corrected chi connectivity index (χ3v) is 4.81. The van der Waals surface area contributed by atoms with Gasteiger partial charge in [0.05, 0.1) is 11.9 Å². The van der Waals surface area contributed by atoms with Crippen LogP contribution in [0.25, 0.3) is 0 Å². The quantitative estimate of drug-likeness (QED) is 0.775. The summed E-state index contributed by atoms with van der Waals surface area (Å²) in [6, 6.07) is -1.31. The molecule has 2 fully saturated rings. The maximum Gasteiger partial charge on any atom is 0.327 e. The van der Waals surface area contributed by atoms with Crippen molar-refractivity contribution in [3.8, 4) is 0 Å². The summed E-state index contributed by atoms with van der Waals surface area (Å²) in [5.41, 5.74) is 0. The van der Waals surface area contributed by atoms with Gasteiger partial charge in [0.2, 0.25) is 5.91 Å². The number of nitrogens with zero attached hydrogens (tertiary/aromatic N) is 2. The van der Waals surface area contributed by atoms with Gasteiger partial charge in [0, 0.05) is 18.8 Å². The van der Waals surface area contributed by atoms with Gasteiger partial charge in [0.1, 0.15) is 6.04 Å². The molecular formula is C12H19N3O4S. The van der Waals surface area contributed by atoms with Crippen LogP contribution in [0.1, 0.15) is 19.8 Å². The monoisotopic (exact) mass is 301 g/mol. The van der Waals surface area contributed by atoms with Gasteiger partial charge in [-0.15, -0.1) is 11.8 Å². The number of carbonyl (C=O) groups excluding carboxylic acids is 2. The third kappa shape index (κ3) is 3.17. The summed E-state index contributed by atoms with van der Waals surface area (Å²) in [5.74, 6) is -0.741. The highest BCUT2D eigenvalue weighted by Crippen LogP contribution is 2.28. The van der Waals surface area contributed by atoms with Crippen molar-refractivity contribution in [1.82, 2.24) is 15.1 Å². The Kier molecular flexibility index (Phi) is 4.74. The lowest BCUT2D eigenvalue weighted by atomic mass is 10.3. The second-order valence-corrected chi connectivity index (χ2v) is 6.29. The second kappa shape index (κ2) is 6.34. The molecule has 7 nitrogen and oxygen atoms in total. The summed E-state index contributed by atoms with van der Waals surface area (Å²) in [5, 5.41) is 11.4. The summed E-state index contributed by atoms with van der Waals surface area (Å²) in [4.78, 5) is 38.0. The SMILES string of the molecule is CC1SCC(C(=O)O)N1C(=O)NCC(=O)N1CCCC1. The fourth-order valence-corrected chi connectivity index (χ4v) is 3.63. The van der Waals surface area contributed by atoms with Gasteiger partial charge in [-0.1, -0.05) is 0 Å². The molecule has 0 aromatic heterocycles. The molecule has 112 valence electrons. The molecule has 0 aliphatic carbocycles. The van der Waals surface area contributed by atoms with E-state index >= 15 is 0 Å². The molecule has 20 heavy (non-hydrogen) atoms. The van der Waals surface area contributed by atoms with Gasteiger partial charge in [-0.2, -0.15) is 0 Å². The normalized spacial score (nSPS) is 25.9. The molecule has 0 aromatic rings. The molecule has 2 heterocycles. The minimum atomic E-state index is -1.01. The van der Waals surface area contributed by atoms with Crippen molar-refractivity contribution < 1.29 is 19.5 Å². The number of hydrogen-bond donors (Lipinski definition) is 2. The van der Waals surface area contributed by atoms with Gasteiger partial charge in [-0.25, -0.2) is 9.59 Å². The Hall–Kier alpha value is -1.44. The molecule has 0 aromatic carbocycles. The van der Waals surface area contributed by atoms with Gasteiger partial charge in [-0.3, -0.25) is 9.69 Å². The summed E-state index contributed by atoms with van der Waals surface area (Å²) >= 11 is 1.42. The zero-order chi connectivity index (χ0) is 14.7. The first kappa shape index (κ1) is 15.0. The number of aliphatic carboxylic acids is 1. The van der Waals surface area contributed by atoms with Gasteiger partial charge in [0.25, 0.3) is 0 Å². The first-order valence-corrected chi connectivity index (χ1v) is 7.74. The summed E-state index contributed by atoms with van der Waals surface area (Å²) in [7, 11) is 0. The number of likely N-dealkylation sites (tertiary alicyclic amines) is 1. The van der Waals surface area contributed by atoms with E-state index in [0.717, 1.165) is 25.9 Å². The minimum absolute atomic E-state index is 0.0704. The Morgan fingerprint density at radius 3 is 2.55 bits per heavy atom. The van der Waals surface area contributed by atoms with Crippen molar-refractivity contribution >= 4 is 29.7 Å². The summed E-state index contributed by atoms with van der Waals surface area (Å²) < 4.78 is 0. The fourth-order valence-electron chi connectivity index (χ4n) is 2.46. The smallest absolute Gasteiger partial charge is 0.327 e. The molecule has 0 saturated carbocycles. The first-order chi connectivity index (χ1) is 9.50. The third-order valence-electron chi connectivity index (χ3n) is 3.59. The van der Waals surface area contributed by atoms with Gasteiger partial charge >= 0.3 is 12.0 Å². The van der Waals surface area contributed by atoms with E-state index in [1.54, 1.807) is 11.8 Å². The van der Waals surface area contributed by atoms with Crippen LogP contribution in [0.5, 0.6) is 0 Å². The van der Waals surface area contributed by atoms with Crippen molar-refractivity contribution in [2.75, 3.05) is 25.4 Å². The first-order valence-electron chi connectivity index (χ1n) is 6.69. The van der Waals surface area contributed by atoms with E-state index in [1.807, 2.05) is 0 Å². The molecule has 8 heteroatoms. The molecule has 2 N–H and O–H groups in total. The van der Waals surface area contributed by atoms with E-state index in [4.69, 9.17) is 5.11 Å². The average Bonchev–Trinajstić information content (AvgIpc) is 3.04. The molecule has 0 bridgehead atoms.